The second kappa shape index (κ2) is 4.82. The molecule has 3 rings (SSSR count). The van der Waals surface area contributed by atoms with E-state index in [1.54, 1.807) is 6.20 Å². The van der Waals surface area contributed by atoms with E-state index in [1.165, 1.54) is 11.1 Å². The van der Waals surface area contributed by atoms with E-state index >= 15 is 0 Å². The number of nitrogens with one attached hydrogen (secondary N) is 1. The molecular formula is C15H16N4. The van der Waals surface area contributed by atoms with Crippen molar-refractivity contribution >= 4 is 5.84 Å². The van der Waals surface area contributed by atoms with Gasteiger partial charge in [0, 0.05) is 25.8 Å². The van der Waals surface area contributed by atoms with Crippen LogP contribution >= 0.6 is 0 Å². The van der Waals surface area contributed by atoms with E-state index in [0.717, 1.165) is 25.2 Å². The third-order valence-corrected chi connectivity index (χ3v) is 3.41. The monoisotopic (exact) mass is 252 g/mol. The Balaban J connectivity index is 1.74. The van der Waals surface area contributed by atoms with E-state index < -0.39 is 0 Å². The summed E-state index contributed by atoms with van der Waals surface area (Å²) in [5.41, 5.74) is 9.98. The van der Waals surface area contributed by atoms with Gasteiger partial charge in [-0.3, -0.25) is 15.3 Å². The summed E-state index contributed by atoms with van der Waals surface area (Å²) < 4.78 is 0. The Morgan fingerprint density at radius 1 is 1.21 bits per heavy atom. The summed E-state index contributed by atoms with van der Waals surface area (Å²) in [7, 11) is 0. The zero-order valence-electron chi connectivity index (χ0n) is 10.6. The van der Waals surface area contributed by atoms with Gasteiger partial charge in [0.05, 0.1) is 0 Å². The van der Waals surface area contributed by atoms with Gasteiger partial charge in [-0.05, 0) is 28.8 Å². The van der Waals surface area contributed by atoms with E-state index in [1.807, 2.05) is 12.1 Å². The van der Waals surface area contributed by atoms with Crippen LogP contribution in [-0.4, -0.2) is 15.7 Å². The lowest BCUT2D eigenvalue weighted by Gasteiger charge is -2.15. The first-order valence-corrected chi connectivity index (χ1v) is 6.31. The number of fused-ring (bicyclic) bond motifs is 1. The number of hydrogen-bond acceptors (Lipinski definition) is 3. The average molecular weight is 252 g/mol. The Bertz CT molecular complexity index is 596. The first-order valence-electron chi connectivity index (χ1n) is 6.31. The van der Waals surface area contributed by atoms with Gasteiger partial charge >= 0.3 is 0 Å². The molecule has 0 atom stereocenters. The van der Waals surface area contributed by atoms with Crippen LogP contribution in [0.1, 0.15) is 22.4 Å². The number of nitrogen functional groups attached to an aromatic ring is 1. The van der Waals surface area contributed by atoms with Gasteiger partial charge in [-0.25, -0.2) is 0 Å². The molecule has 96 valence electrons. The topological polar surface area (TPSA) is 66.0 Å². The van der Waals surface area contributed by atoms with Crippen LogP contribution in [0, 0.1) is 5.41 Å². The molecule has 0 fully saturated rings. The molecule has 4 heteroatoms. The van der Waals surface area contributed by atoms with E-state index in [4.69, 9.17) is 11.1 Å². The molecule has 2 aromatic rings. The summed E-state index contributed by atoms with van der Waals surface area (Å²) >= 11 is 0. The summed E-state index contributed by atoms with van der Waals surface area (Å²) in [4.78, 5) is 6.46. The number of aromatic nitrogens is 1. The minimum Gasteiger partial charge on any atom is -0.382 e. The lowest BCUT2D eigenvalue weighted by Crippen LogP contribution is -2.17. The fraction of sp³-hybridized carbons (Fsp3) is 0.200. The van der Waals surface area contributed by atoms with Crippen LogP contribution in [0.15, 0.2) is 42.6 Å². The van der Waals surface area contributed by atoms with Crippen molar-refractivity contribution in [2.75, 3.05) is 0 Å². The van der Waals surface area contributed by atoms with Crippen LogP contribution in [0.5, 0.6) is 0 Å². The SMILES string of the molecule is N=C(N)c1cc(CN2Cc3ccccc3C2)ccn1. The molecule has 0 aliphatic carbocycles. The van der Waals surface area contributed by atoms with Gasteiger partial charge in [0.25, 0.3) is 0 Å². The van der Waals surface area contributed by atoms with Gasteiger partial charge in [0.2, 0.25) is 0 Å². The fourth-order valence-electron chi connectivity index (χ4n) is 2.49. The van der Waals surface area contributed by atoms with Gasteiger partial charge in [0.1, 0.15) is 11.5 Å². The maximum atomic E-state index is 7.42. The van der Waals surface area contributed by atoms with Crippen molar-refractivity contribution in [2.45, 2.75) is 19.6 Å². The molecule has 0 unspecified atom stereocenters. The van der Waals surface area contributed by atoms with E-state index in [9.17, 15) is 0 Å². The molecule has 19 heavy (non-hydrogen) atoms. The molecule has 2 heterocycles. The Morgan fingerprint density at radius 2 is 1.89 bits per heavy atom. The highest BCUT2D eigenvalue weighted by molar-refractivity contribution is 5.93. The molecule has 1 aliphatic rings. The molecular weight excluding hydrogens is 236 g/mol. The molecule has 0 saturated carbocycles. The molecule has 0 amide bonds. The molecule has 3 N–H and O–H groups in total. The maximum absolute atomic E-state index is 7.42. The lowest BCUT2D eigenvalue weighted by molar-refractivity contribution is 0.275. The maximum Gasteiger partial charge on any atom is 0.141 e. The van der Waals surface area contributed by atoms with Crippen LogP contribution in [-0.2, 0) is 19.6 Å². The summed E-state index contributed by atoms with van der Waals surface area (Å²) in [5, 5.41) is 7.42. The van der Waals surface area contributed by atoms with Crippen LogP contribution in [0.3, 0.4) is 0 Å². The summed E-state index contributed by atoms with van der Waals surface area (Å²) in [5.74, 6) is 0.0200. The smallest absolute Gasteiger partial charge is 0.141 e. The summed E-state index contributed by atoms with van der Waals surface area (Å²) in [6, 6.07) is 12.4. The molecule has 0 radical (unpaired) electrons. The zero-order chi connectivity index (χ0) is 13.2. The van der Waals surface area contributed by atoms with Crippen molar-refractivity contribution < 1.29 is 0 Å². The quantitative estimate of drug-likeness (QED) is 0.647. The molecule has 1 aliphatic heterocycles. The standard InChI is InChI=1S/C15H16N4/c16-15(17)14-7-11(5-6-18-14)8-19-9-12-3-1-2-4-13(12)10-19/h1-7H,8-10H2,(H3,16,17). The molecule has 4 nitrogen and oxygen atoms in total. The van der Waals surface area contributed by atoms with E-state index in [2.05, 4.69) is 34.1 Å². The van der Waals surface area contributed by atoms with Crippen molar-refractivity contribution in [3.63, 3.8) is 0 Å². The predicted molar refractivity (Wildman–Crippen MR) is 74.6 cm³/mol. The first-order chi connectivity index (χ1) is 9.22. The molecule has 0 saturated heterocycles. The highest BCUT2D eigenvalue weighted by atomic mass is 15.1. The first kappa shape index (κ1) is 11.9. The van der Waals surface area contributed by atoms with Gasteiger partial charge in [-0.1, -0.05) is 24.3 Å². The van der Waals surface area contributed by atoms with Crippen LogP contribution < -0.4 is 5.73 Å². The average Bonchev–Trinajstić information content (AvgIpc) is 2.81. The van der Waals surface area contributed by atoms with Gasteiger partial charge in [-0.2, -0.15) is 0 Å². The van der Waals surface area contributed by atoms with Crippen molar-refractivity contribution in [3.05, 3.63) is 65.0 Å². The van der Waals surface area contributed by atoms with Crippen LogP contribution in [0.2, 0.25) is 0 Å². The third-order valence-electron chi connectivity index (χ3n) is 3.41. The number of nitrogens with zero attached hydrogens (tertiary/aromatic N) is 2. The molecule has 0 spiro atoms. The van der Waals surface area contributed by atoms with Gasteiger partial charge < -0.3 is 5.73 Å². The highest BCUT2D eigenvalue weighted by Gasteiger charge is 2.18. The Kier molecular flexibility index (Phi) is 3.01. The van der Waals surface area contributed by atoms with Crippen molar-refractivity contribution in [1.29, 1.82) is 5.41 Å². The minimum atomic E-state index is 0.0200. The zero-order valence-corrected chi connectivity index (χ0v) is 10.6. The lowest BCUT2D eigenvalue weighted by atomic mass is 10.1. The van der Waals surface area contributed by atoms with Crippen molar-refractivity contribution in [1.82, 2.24) is 9.88 Å². The minimum absolute atomic E-state index is 0.0200. The Labute approximate surface area is 112 Å². The van der Waals surface area contributed by atoms with Gasteiger partial charge in [-0.15, -0.1) is 0 Å². The van der Waals surface area contributed by atoms with Crippen molar-refractivity contribution in [3.8, 4) is 0 Å². The van der Waals surface area contributed by atoms with Crippen LogP contribution in [0.4, 0.5) is 0 Å². The number of benzene rings is 1. The third kappa shape index (κ3) is 2.48. The molecule has 0 bridgehead atoms. The fourth-order valence-corrected chi connectivity index (χ4v) is 2.49. The number of hydrogen-bond donors (Lipinski definition) is 2. The second-order valence-electron chi connectivity index (χ2n) is 4.88. The molecule has 1 aromatic carbocycles. The second-order valence-corrected chi connectivity index (χ2v) is 4.88. The van der Waals surface area contributed by atoms with Gasteiger partial charge in [0.15, 0.2) is 0 Å². The number of pyridine rings is 1. The normalized spacial score (nSPS) is 14.3. The Hall–Kier alpha value is -2.20. The predicted octanol–water partition coefficient (Wildman–Crippen LogP) is 1.88. The number of rotatable bonds is 3. The summed E-state index contributed by atoms with van der Waals surface area (Å²) in [6.45, 7) is 2.82. The van der Waals surface area contributed by atoms with Crippen LogP contribution in [0.25, 0.3) is 0 Å². The largest absolute Gasteiger partial charge is 0.382 e. The van der Waals surface area contributed by atoms with E-state index in [-0.39, 0.29) is 5.84 Å². The van der Waals surface area contributed by atoms with E-state index in [0.29, 0.717) is 5.69 Å². The molecule has 1 aromatic heterocycles. The number of amidine groups is 1. The highest BCUT2D eigenvalue weighted by Crippen LogP contribution is 2.23. The summed E-state index contributed by atoms with van der Waals surface area (Å²) in [6.07, 6.45) is 1.72. The van der Waals surface area contributed by atoms with Crippen molar-refractivity contribution in [2.24, 2.45) is 5.73 Å². The number of nitrogens with two attached hydrogens (primary N) is 1. The Morgan fingerprint density at radius 3 is 2.53 bits per heavy atom.